The van der Waals surface area contributed by atoms with Crippen LogP contribution in [0, 0.1) is 46.7 Å². The average Bonchev–Trinajstić information content (AvgIpc) is 2.82. The van der Waals surface area contributed by atoms with Gasteiger partial charge in [-0.25, -0.2) is 26.3 Å². The van der Waals surface area contributed by atoms with E-state index >= 15 is 0 Å². The van der Waals surface area contributed by atoms with Crippen molar-refractivity contribution in [2.45, 2.75) is 32.6 Å². The molecule has 0 aliphatic carbocycles. The zero-order valence-electron chi connectivity index (χ0n) is 18.8. The first kappa shape index (κ1) is 24.4. The number of halogens is 6. The summed E-state index contributed by atoms with van der Waals surface area (Å²) >= 11 is 0. The van der Waals surface area contributed by atoms with Gasteiger partial charge in [0.1, 0.15) is 17.5 Å². The summed E-state index contributed by atoms with van der Waals surface area (Å²) in [4.78, 5) is 0. The largest absolute Gasteiger partial charge is 0.206 e. The lowest BCUT2D eigenvalue weighted by Gasteiger charge is -2.08. The Kier molecular flexibility index (Phi) is 7.16. The minimum Gasteiger partial charge on any atom is -0.206 e. The first-order valence-electron chi connectivity index (χ1n) is 11.2. The second-order valence-electron chi connectivity index (χ2n) is 8.26. The molecule has 6 heteroatoms. The van der Waals surface area contributed by atoms with Gasteiger partial charge in [0.05, 0.1) is 5.56 Å². The van der Waals surface area contributed by atoms with Crippen LogP contribution in [0.5, 0.6) is 0 Å². The summed E-state index contributed by atoms with van der Waals surface area (Å²) in [5.41, 5.74) is 0.632. The van der Waals surface area contributed by atoms with Crippen molar-refractivity contribution in [2.24, 2.45) is 0 Å². The molecule has 0 aromatic heterocycles. The summed E-state index contributed by atoms with van der Waals surface area (Å²) in [7, 11) is 0. The molecular weight excluding hydrogens is 462 g/mol. The molecule has 0 radical (unpaired) electrons. The second kappa shape index (κ2) is 10.3. The van der Waals surface area contributed by atoms with Crippen LogP contribution in [0.3, 0.4) is 0 Å². The molecular formula is C29H20F6. The van der Waals surface area contributed by atoms with Gasteiger partial charge in [0.2, 0.25) is 0 Å². The van der Waals surface area contributed by atoms with Crippen LogP contribution in [0.25, 0.3) is 21.9 Å². The van der Waals surface area contributed by atoms with Crippen LogP contribution in [0.1, 0.15) is 42.9 Å². The molecule has 0 aliphatic heterocycles. The highest BCUT2D eigenvalue weighted by atomic mass is 19.2. The van der Waals surface area contributed by atoms with Crippen molar-refractivity contribution in [3.8, 4) is 23.0 Å². The normalized spacial score (nSPS) is 10.9. The van der Waals surface area contributed by atoms with E-state index in [1.165, 1.54) is 30.3 Å². The summed E-state index contributed by atoms with van der Waals surface area (Å²) in [5, 5.41) is -0.0901. The highest BCUT2D eigenvalue weighted by Gasteiger charge is 2.15. The third-order valence-electron chi connectivity index (χ3n) is 5.76. The maximum atomic E-state index is 14.7. The standard InChI is InChI=1S/C29H20F6/c1-2-3-4-5-17-6-9-21(24(30)13-17)20-14-25(31)23(26(32)15-20)11-8-18-7-10-22-19(12-18)16-27(33)29(35)28(22)34/h6-7,9-10,12-16H,2-5H2,1H3. The highest BCUT2D eigenvalue weighted by molar-refractivity contribution is 5.84. The molecule has 0 spiro atoms. The molecule has 4 aromatic carbocycles. The zero-order chi connectivity index (χ0) is 25.1. The molecule has 0 saturated heterocycles. The third-order valence-corrected chi connectivity index (χ3v) is 5.76. The summed E-state index contributed by atoms with van der Waals surface area (Å²) in [5.74, 6) is -1.84. The summed E-state index contributed by atoms with van der Waals surface area (Å²) in [6, 6.07) is 11.3. The number of benzene rings is 4. The van der Waals surface area contributed by atoms with Crippen molar-refractivity contribution in [1.29, 1.82) is 0 Å². The minimum absolute atomic E-state index is 0.0434. The molecule has 0 N–H and O–H groups in total. The summed E-state index contributed by atoms with van der Waals surface area (Å²) in [6.45, 7) is 2.08. The van der Waals surface area contributed by atoms with Gasteiger partial charge in [-0.3, -0.25) is 0 Å². The molecule has 0 saturated carbocycles. The molecule has 0 aliphatic rings. The topological polar surface area (TPSA) is 0 Å². The Morgan fingerprint density at radius 2 is 1.40 bits per heavy atom. The van der Waals surface area contributed by atoms with Crippen molar-refractivity contribution in [3.63, 3.8) is 0 Å². The van der Waals surface area contributed by atoms with Crippen molar-refractivity contribution in [2.75, 3.05) is 0 Å². The van der Waals surface area contributed by atoms with Crippen LogP contribution in [0.2, 0.25) is 0 Å². The van der Waals surface area contributed by atoms with Gasteiger partial charge in [-0.1, -0.05) is 49.8 Å². The van der Waals surface area contributed by atoms with E-state index in [4.69, 9.17) is 0 Å². The van der Waals surface area contributed by atoms with Gasteiger partial charge >= 0.3 is 0 Å². The molecule has 35 heavy (non-hydrogen) atoms. The van der Waals surface area contributed by atoms with E-state index in [9.17, 15) is 26.3 Å². The average molecular weight is 482 g/mol. The first-order chi connectivity index (χ1) is 16.8. The van der Waals surface area contributed by atoms with Crippen molar-refractivity contribution in [1.82, 2.24) is 0 Å². The lowest BCUT2D eigenvalue weighted by molar-refractivity contribution is 0.453. The van der Waals surface area contributed by atoms with Crippen molar-refractivity contribution < 1.29 is 26.3 Å². The fourth-order valence-corrected chi connectivity index (χ4v) is 3.89. The number of hydrogen-bond acceptors (Lipinski definition) is 0. The molecule has 0 bridgehead atoms. The number of hydrogen-bond donors (Lipinski definition) is 0. The summed E-state index contributed by atoms with van der Waals surface area (Å²) < 4.78 is 84.8. The van der Waals surface area contributed by atoms with Crippen LogP contribution in [0.4, 0.5) is 26.3 Å². The maximum absolute atomic E-state index is 14.7. The molecule has 4 rings (SSSR count). The molecule has 0 unspecified atom stereocenters. The lowest BCUT2D eigenvalue weighted by Crippen LogP contribution is -1.95. The Hall–Kier alpha value is -3.72. The fraction of sp³-hybridized carbons (Fsp3) is 0.172. The van der Waals surface area contributed by atoms with Gasteiger partial charge in [0.25, 0.3) is 0 Å². The van der Waals surface area contributed by atoms with Crippen LogP contribution in [0.15, 0.2) is 54.6 Å². The first-order valence-corrected chi connectivity index (χ1v) is 11.2. The van der Waals surface area contributed by atoms with Crippen LogP contribution < -0.4 is 0 Å². The number of unbranched alkanes of at least 4 members (excludes halogenated alkanes) is 2. The molecule has 0 nitrogen and oxygen atoms in total. The van der Waals surface area contributed by atoms with Crippen LogP contribution in [-0.4, -0.2) is 0 Å². The molecule has 4 aromatic rings. The van der Waals surface area contributed by atoms with E-state index in [0.717, 1.165) is 49.4 Å². The highest BCUT2D eigenvalue weighted by Crippen LogP contribution is 2.28. The van der Waals surface area contributed by atoms with E-state index in [-0.39, 0.29) is 27.5 Å². The second-order valence-corrected chi connectivity index (χ2v) is 8.26. The van der Waals surface area contributed by atoms with E-state index in [0.29, 0.717) is 0 Å². The Balaban J connectivity index is 1.63. The molecule has 0 heterocycles. The molecule has 178 valence electrons. The van der Waals surface area contributed by atoms with E-state index < -0.39 is 40.5 Å². The molecule has 0 fully saturated rings. The smallest absolute Gasteiger partial charge is 0.195 e. The predicted molar refractivity (Wildman–Crippen MR) is 125 cm³/mol. The minimum atomic E-state index is -1.58. The third kappa shape index (κ3) is 5.19. The van der Waals surface area contributed by atoms with Gasteiger partial charge in [-0.15, -0.1) is 0 Å². The SMILES string of the molecule is CCCCCc1ccc(-c2cc(F)c(C#Cc3ccc4c(F)c(F)c(F)cc4c3)c(F)c2)c(F)c1. The number of rotatable bonds is 5. The maximum Gasteiger partial charge on any atom is 0.195 e. The van der Waals surface area contributed by atoms with E-state index in [2.05, 4.69) is 18.8 Å². The number of aryl methyl sites for hydroxylation is 1. The van der Waals surface area contributed by atoms with Crippen molar-refractivity contribution >= 4 is 10.8 Å². The Labute approximate surface area is 199 Å². The fourth-order valence-electron chi connectivity index (χ4n) is 3.89. The number of fused-ring (bicyclic) bond motifs is 1. The van der Waals surface area contributed by atoms with Gasteiger partial charge < -0.3 is 0 Å². The molecule has 0 atom stereocenters. The quantitative estimate of drug-likeness (QED) is 0.116. The Bertz CT molecular complexity index is 1450. The Morgan fingerprint density at radius 1 is 0.657 bits per heavy atom. The predicted octanol–water partition coefficient (Wildman–Crippen LogP) is 8.47. The Morgan fingerprint density at radius 3 is 2.09 bits per heavy atom. The summed E-state index contributed by atoms with van der Waals surface area (Å²) in [6.07, 6.45) is 3.75. The zero-order valence-corrected chi connectivity index (χ0v) is 18.8. The lowest BCUT2D eigenvalue weighted by atomic mass is 9.99. The van der Waals surface area contributed by atoms with E-state index in [1.54, 1.807) is 6.07 Å². The van der Waals surface area contributed by atoms with Crippen molar-refractivity contribution in [3.05, 3.63) is 106 Å². The monoisotopic (exact) mass is 482 g/mol. The van der Waals surface area contributed by atoms with Gasteiger partial charge in [0.15, 0.2) is 17.5 Å². The van der Waals surface area contributed by atoms with E-state index in [1.807, 2.05) is 0 Å². The van der Waals surface area contributed by atoms with Crippen LogP contribution >= 0.6 is 0 Å². The molecule has 0 amide bonds. The van der Waals surface area contributed by atoms with Gasteiger partial charge in [-0.2, -0.15) is 0 Å². The van der Waals surface area contributed by atoms with Gasteiger partial charge in [-0.05, 0) is 65.8 Å². The van der Waals surface area contributed by atoms with Gasteiger partial charge in [0, 0.05) is 16.5 Å². The van der Waals surface area contributed by atoms with Crippen LogP contribution in [-0.2, 0) is 6.42 Å².